The summed E-state index contributed by atoms with van der Waals surface area (Å²) in [5, 5.41) is 10.5. The van der Waals surface area contributed by atoms with Crippen LogP contribution in [0.3, 0.4) is 0 Å². The molecule has 0 saturated carbocycles. The van der Waals surface area contributed by atoms with E-state index in [0.717, 1.165) is 11.3 Å². The molecule has 22 heavy (non-hydrogen) atoms. The average Bonchev–Trinajstić information content (AvgIpc) is 2.98. The standard InChI is InChI=1S/C16H20ClN3OS/c1-11-13(17)5-4-6-14(11)19-16(21)18-9-15(20(2)3)12-7-8-22-10-12/h4-8,10,15H,9H2,1-3H3,(H2,18,19,21)/t15-/m0/s1. The van der Waals surface area contributed by atoms with E-state index in [4.69, 9.17) is 11.6 Å². The van der Waals surface area contributed by atoms with Gasteiger partial charge in [-0.1, -0.05) is 17.7 Å². The number of nitrogens with one attached hydrogen (secondary N) is 2. The highest BCUT2D eigenvalue weighted by atomic mass is 35.5. The molecule has 0 spiro atoms. The Hall–Kier alpha value is -1.56. The molecule has 1 atom stereocenters. The van der Waals surface area contributed by atoms with Crippen LogP contribution in [-0.2, 0) is 0 Å². The maximum atomic E-state index is 12.1. The Labute approximate surface area is 140 Å². The summed E-state index contributed by atoms with van der Waals surface area (Å²) >= 11 is 7.71. The summed E-state index contributed by atoms with van der Waals surface area (Å²) in [4.78, 5) is 14.2. The molecule has 6 heteroatoms. The zero-order valence-corrected chi connectivity index (χ0v) is 14.5. The molecule has 0 radical (unpaired) electrons. The number of nitrogens with zero attached hydrogens (tertiary/aromatic N) is 1. The van der Waals surface area contributed by atoms with Crippen LogP contribution in [0.5, 0.6) is 0 Å². The number of rotatable bonds is 5. The van der Waals surface area contributed by atoms with Crippen LogP contribution in [0.4, 0.5) is 10.5 Å². The van der Waals surface area contributed by atoms with Crippen molar-refractivity contribution in [3.63, 3.8) is 0 Å². The summed E-state index contributed by atoms with van der Waals surface area (Å²) in [6, 6.07) is 7.46. The zero-order valence-electron chi connectivity index (χ0n) is 12.9. The van der Waals surface area contributed by atoms with Crippen LogP contribution in [0, 0.1) is 6.92 Å². The van der Waals surface area contributed by atoms with Gasteiger partial charge in [0.05, 0.1) is 6.04 Å². The molecular weight excluding hydrogens is 318 g/mol. The van der Waals surface area contributed by atoms with E-state index in [0.29, 0.717) is 11.6 Å². The highest BCUT2D eigenvalue weighted by Gasteiger charge is 2.16. The van der Waals surface area contributed by atoms with Crippen molar-refractivity contribution < 1.29 is 4.79 Å². The molecule has 0 aliphatic carbocycles. The maximum Gasteiger partial charge on any atom is 0.319 e. The van der Waals surface area contributed by atoms with E-state index >= 15 is 0 Å². The highest BCUT2D eigenvalue weighted by molar-refractivity contribution is 7.07. The van der Waals surface area contributed by atoms with Crippen molar-refractivity contribution in [1.82, 2.24) is 10.2 Å². The molecule has 0 saturated heterocycles. The summed E-state index contributed by atoms with van der Waals surface area (Å²) in [7, 11) is 4.01. The van der Waals surface area contributed by atoms with Gasteiger partial charge in [-0.15, -0.1) is 0 Å². The minimum atomic E-state index is -0.229. The van der Waals surface area contributed by atoms with E-state index in [2.05, 4.69) is 27.0 Å². The minimum Gasteiger partial charge on any atom is -0.336 e. The normalized spacial score (nSPS) is 12.2. The fourth-order valence-electron chi connectivity index (χ4n) is 2.16. The topological polar surface area (TPSA) is 44.4 Å². The van der Waals surface area contributed by atoms with Gasteiger partial charge in [0.1, 0.15) is 0 Å². The second-order valence-corrected chi connectivity index (χ2v) is 6.47. The quantitative estimate of drug-likeness (QED) is 0.861. The largest absolute Gasteiger partial charge is 0.336 e. The molecule has 0 aliphatic rings. The molecule has 2 aromatic rings. The van der Waals surface area contributed by atoms with Crippen LogP contribution in [0.25, 0.3) is 0 Å². The summed E-state index contributed by atoms with van der Waals surface area (Å²) in [6.07, 6.45) is 0. The van der Waals surface area contributed by atoms with Crippen LogP contribution in [0.2, 0.25) is 5.02 Å². The third-order valence-electron chi connectivity index (χ3n) is 3.52. The van der Waals surface area contributed by atoms with Crippen LogP contribution < -0.4 is 10.6 Å². The van der Waals surface area contributed by atoms with E-state index < -0.39 is 0 Å². The Morgan fingerprint density at radius 3 is 2.77 bits per heavy atom. The van der Waals surface area contributed by atoms with Crippen molar-refractivity contribution in [3.8, 4) is 0 Å². The highest BCUT2D eigenvalue weighted by Crippen LogP contribution is 2.23. The van der Waals surface area contributed by atoms with Crippen LogP contribution in [0.15, 0.2) is 35.0 Å². The SMILES string of the molecule is Cc1c(Cl)cccc1NC(=O)NC[C@@H](c1ccsc1)N(C)C. The van der Waals surface area contributed by atoms with Gasteiger partial charge in [0.15, 0.2) is 0 Å². The summed E-state index contributed by atoms with van der Waals surface area (Å²) in [5.74, 6) is 0. The Morgan fingerprint density at radius 2 is 2.14 bits per heavy atom. The number of benzene rings is 1. The van der Waals surface area contributed by atoms with Crippen molar-refractivity contribution in [3.05, 3.63) is 51.2 Å². The van der Waals surface area contributed by atoms with E-state index in [1.807, 2.05) is 38.5 Å². The number of thiophene rings is 1. The first-order valence-corrected chi connectivity index (χ1v) is 8.29. The van der Waals surface area contributed by atoms with Crippen molar-refractivity contribution in [2.45, 2.75) is 13.0 Å². The molecule has 1 aromatic carbocycles. The monoisotopic (exact) mass is 337 g/mol. The van der Waals surface area contributed by atoms with Crippen molar-refractivity contribution in [2.24, 2.45) is 0 Å². The van der Waals surface area contributed by atoms with Gasteiger partial charge in [-0.2, -0.15) is 11.3 Å². The van der Waals surface area contributed by atoms with E-state index in [1.165, 1.54) is 5.56 Å². The van der Waals surface area contributed by atoms with E-state index in [-0.39, 0.29) is 12.1 Å². The molecular formula is C16H20ClN3OS. The second kappa shape index (κ2) is 7.63. The Balaban J connectivity index is 1.96. The van der Waals surface area contributed by atoms with Crippen LogP contribution in [-0.4, -0.2) is 31.6 Å². The number of carbonyl (C=O) groups is 1. The molecule has 2 rings (SSSR count). The number of anilines is 1. The minimum absolute atomic E-state index is 0.150. The predicted octanol–water partition coefficient (Wildman–Crippen LogP) is 4.13. The molecule has 0 unspecified atom stereocenters. The first-order chi connectivity index (χ1) is 10.5. The molecule has 0 aliphatic heterocycles. The van der Waals surface area contributed by atoms with Crippen molar-refractivity contribution in [2.75, 3.05) is 26.0 Å². The third kappa shape index (κ3) is 4.22. The number of amides is 2. The summed E-state index contributed by atoms with van der Waals surface area (Å²) in [6.45, 7) is 2.42. The Kier molecular flexibility index (Phi) is 5.83. The number of halogens is 1. The lowest BCUT2D eigenvalue weighted by atomic mass is 10.1. The summed E-state index contributed by atoms with van der Waals surface area (Å²) in [5.41, 5.74) is 2.79. The third-order valence-corrected chi connectivity index (χ3v) is 4.63. The van der Waals surface area contributed by atoms with Gasteiger partial charge in [0.2, 0.25) is 0 Å². The molecule has 4 nitrogen and oxygen atoms in total. The lowest BCUT2D eigenvalue weighted by Gasteiger charge is -2.24. The number of urea groups is 1. The van der Waals surface area contributed by atoms with E-state index in [1.54, 1.807) is 17.4 Å². The smallest absolute Gasteiger partial charge is 0.319 e. The van der Waals surface area contributed by atoms with Crippen LogP contribution in [0.1, 0.15) is 17.2 Å². The molecule has 118 valence electrons. The number of hydrogen-bond donors (Lipinski definition) is 2. The van der Waals surface area contributed by atoms with Gasteiger partial charge >= 0.3 is 6.03 Å². The van der Waals surface area contributed by atoms with Crippen molar-refractivity contribution >= 4 is 34.7 Å². The fourth-order valence-corrected chi connectivity index (χ4v) is 3.04. The average molecular weight is 338 g/mol. The van der Waals surface area contributed by atoms with Gasteiger partial charge in [-0.25, -0.2) is 4.79 Å². The van der Waals surface area contributed by atoms with Gasteiger partial charge in [-0.05, 0) is 61.1 Å². The molecule has 0 bridgehead atoms. The number of carbonyl (C=O) groups excluding carboxylic acids is 1. The second-order valence-electron chi connectivity index (χ2n) is 5.28. The summed E-state index contributed by atoms with van der Waals surface area (Å²) < 4.78 is 0. The first-order valence-electron chi connectivity index (χ1n) is 6.97. The Bertz CT molecular complexity index is 628. The van der Waals surface area contributed by atoms with Gasteiger partial charge in [-0.3, -0.25) is 0 Å². The maximum absolute atomic E-state index is 12.1. The molecule has 1 aromatic heterocycles. The van der Waals surface area contributed by atoms with E-state index in [9.17, 15) is 4.79 Å². The first kappa shape index (κ1) is 16.8. The molecule has 2 amide bonds. The molecule has 2 N–H and O–H groups in total. The number of hydrogen-bond acceptors (Lipinski definition) is 3. The van der Waals surface area contributed by atoms with Gasteiger partial charge < -0.3 is 15.5 Å². The van der Waals surface area contributed by atoms with Gasteiger partial charge in [0, 0.05) is 17.3 Å². The number of likely N-dealkylation sites (N-methyl/N-ethyl adjacent to an activating group) is 1. The van der Waals surface area contributed by atoms with Crippen LogP contribution >= 0.6 is 22.9 Å². The predicted molar refractivity (Wildman–Crippen MR) is 94.0 cm³/mol. The zero-order chi connectivity index (χ0) is 16.1. The Morgan fingerprint density at radius 1 is 1.36 bits per heavy atom. The lowest BCUT2D eigenvalue weighted by Crippen LogP contribution is -2.36. The van der Waals surface area contributed by atoms with Crippen molar-refractivity contribution in [1.29, 1.82) is 0 Å². The van der Waals surface area contributed by atoms with Gasteiger partial charge in [0.25, 0.3) is 0 Å². The molecule has 1 heterocycles. The lowest BCUT2D eigenvalue weighted by molar-refractivity contribution is 0.243. The fraction of sp³-hybridized carbons (Fsp3) is 0.312. The molecule has 0 fully saturated rings.